The number of nitrogens with zero attached hydrogens (tertiary/aromatic N) is 1. The Morgan fingerprint density at radius 1 is 1.24 bits per heavy atom. The van der Waals surface area contributed by atoms with E-state index in [1.54, 1.807) is 33.1 Å². The molecule has 1 aromatic rings. The zero-order valence-corrected chi connectivity index (χ0v) is 24.0. The van der Waals surface area contributed by atoms with Crippen LogP contribution in [0, 0.1) is 24.2 Å². The second-order valence-corrected chi connectivity index (χ2v) is 12.3. The summed E-state index contributed by atoms with van der Waals surface area (Å²) >= 11 is 0. The number of hydrogen-bond acceptors (Lipinski definition) is 7. The molecular formula is C30H46N2O6. The summed E-state index contributed by atoms with van der Waals surface area (Å²) in [7, 11) is 0. The highest BCUT2D eigenvalue weighted by Crippen LogP contribution is 2.44. The molecule has 1 aromatic heterocycles. The molecule has 0 saturated carbocycles. The number of Topliss-reactive ketones (excluding diaryl/α,β-unsaturated/α-hetero) is 1. The average molecular weight is 531 g/mol. The van der Waals surface area contributed by atoms with Crippen molar-refractivity contribution in [2.24, 2.45) is 17.3 Å². The van der Waals surface area contributed by atoms with Crippen LogP contribution in [0.1, 0.15) is 91.7 Å². The molecule has 8 heteroatoms. The predicted octanol–water partition coefficient (Wildman–Crippen LogP) is 4.53. The van der Waals surface area contributed by atoms with Crippen molar-refractivity contribution in [3.05, 3.63) is 35.6 Å². The van der Waals surface area contributed by atoms with Gasteiger partial charge in [0.05, 0.1) is 41.8 Å². The molecule has 0 spiro atoms. The molecule has 2 saturated heterocycles. The summed E-state index contributed by atoms with van der Waals surface area (Å²) in [5, 5.41) is 25.4. The minimum absolute atomic E-state index is 0.0158. The van der Waals surface area contributed by atoms with Crippen LogP contribution in [-0.2, 0) is 14.3 Å². The van der Waals surface area contributed by atoms with E-state index in [4.69, 9.17) is 9.15 Å². The third kappa shape index (κ3) is 7.64. The first-order valence-corrected chi connectivity index (χ1v) is 13.8. The third-order valence-electron chi connectivity index (χ3n) is 8.28. The molecule has 38 heavy (non-hydrogen) atoms. The van der Waals surface area contributed by atoms with E-state index in [0.717, 1.165) is 24.8 Å². The number of epoxide rings is 1. The molecule has 0 radical (unpaired) electrons. The van der Waals surface area contributed by atoms with E-state index in [9.17, 15) is 19.8 Å². The lowest BCUT2D eigenvalue weighted by atomic mass is 9.71. The topological polar surface area (TPSA) is 125 Å². The van der Waals surface area contributed by atoms with E-state index in [2.05, 4.69) is 17.2 Å². The van der Waals surface area contributed by atoms with Crippen LogP contribution in [0.5, 0.6) is 0 Å². The second kappa shape index (κ2) is 12.3. The molecule has 3 heterocycles. The Kier molecular flexibility index (Phi) is 9.76. The van der Waals surface area contributed by atoms with E-state index in [0.29, 0.717) is 24.4 Å². The summed E-state index contributed by atoms with van der Waals surface area (Å²) in [6.45, 7) is 13.1. The van der Waals surface area contributed by atoms with Gasteiger partial charge in [0.25, 0.3) is 0 Å². The normalized spacial score (nSPS) is 35.0. The summed E-state index contributed by atoms with van der Waals surface area (Å²) in [6.07, 6.45) is 8.33. The number of allylic oxidation sites excluding steroid dienone is 2. The number of rotatable bonds is 4. The summed E-state index contributed by atoms with van der Waals surface area (Å²) in [6, 6.07) is -0.337. The number of aliphatic hydroxyl groups excluding tert-OH is 2. The van der Waals surface area contributed by atoms with Crippen LogP contribution in [0.4, 0.5) is 0 Å². The fourth-order valence-corrected chi connectivity index (χ4v) is 5.34. The van der Waals surface area contributed by atoms with E-state index < -0.39 is 23.5 Å². The first-order valence-electron chi connectivity index (χ1n) is 13.8. The van der Waals surface area contributed by atoms with Crippen molar-refractivity contribution in [3.8, 4) is 0 Å². The summed E-state index contributed by atoms with van der Waals surface area (Å²) in [4.78, 5) is 31.1. The number of nitrogens with one attached hydrogen (secondary N) is 1. The average Bonchev–Trinajstić information content (AvgIpc) is 3.26. The van der Waals surface area contributed by atoms with Gasteiger partial charge in [-0.2, -0.15) is 0 Å². The van der Waals surface area contributed by atoms with Crippen LogP contribution >= 0.6 is 0 Å². The first-order chi connectivity index (χ1) is 17.7. The lowest BCUT2D eigenvalue weighted by Crippen LogP contribution is -2.48. The minimum atomic E-state index is -1.21. The van der Waals surface area contributed by atoms with Crippen LogP contribution in [0.2, 0.25) is 0 Å². The van der Waals surface area contributed by atoms with Gasteiger partial charge in [-0.15, -0.1) is 0 Å². The largest absolute Gasteiger partial charge is 0.449 e. The van der Waals surface area contributed by atoms with Gasteiger partial charge in [-0.05, 0) is 52.0 Å². The number of carbonyl (C=O) groups is 2. The molecule has 1 amide bonds. The van der Waals surface area contributed by atoms with Crippen LogP contribution in [0.15, 0.2) is 28.4 Å². The van der Waals surface area contributed by atoms with Crippen molar-refractivity contribution in [1.82, 2.24) is 10.3 Å². The second-order valence-electron chi connectivity index (χ2n) is 12.3. The number of hydrogen-bond donors (Lipinski definition) is 3. The quantitative estimate of drug-likeness (QED) is 0.386. The molecule has 2 aliphatic heterocycles. The zero-order valence-electron chi connectivity index (χ0n) is 24.0. The molecule has 8 nitrogen and oxygen atoms in total. The monoisotopic (exact) mass is 530 g/mol. The van der Waals surface area contributed by atoms with Crippen molar-refractivity contribution >= 4 is 17.8 Å². The maximum atomic E-state index is 13.8. The summed E-state index contributed by atoms with van der Waals surface area (Å²) in [5.74, 6) is -0.781. The van der Waals surface area contributed by atoms with Gasteiger partial charge in [-0.3, -0.25) is 9.59 Å². The van der Waals surface area contributed by atoms with Gasteiger partial charge in [-0.25, -0.2) is 4.98 Å². The number of ether oxygens (including phenoxy) is 1. The highest BCUT2D eigenvalue weighted by Gasteiger charge is 2.52. The molecule has 3 N–H and O–H groups in total. The van der Waals surface area contributed by atoms with Gasteiger partial charge >= 0.3 is 0 Å². The Hall–Kier alpha value is -2.29. The molecule has 3 rings (SSSR count). The Labute approximate surface area is 226 Å². The van der Waals surface area contributed by atoms with E-state index in [1.807, 2.05) is 32.9 Å². The van der Waals surface area contributed by atoms with Crippen molar-refractivity contribution < 1.29 is 29.0 Å². The minimum Gasteiger partial charge on any atom is -0.449 e. The zero-order chi connectivity index (χ0) is 28.3. The molecule has 7 unspecified atom stereocenters. The first kappa shape index (κ1) is 30.3. The number of aryl methyl sites for hydroxylation is 1. The molecule has 7 atom stereocenters. The molecule has 0 bridgehead atoms. The number of aliphatic hydroxyl groups is 2. The SMILES string of the molecule is CC(C)=CCC1C(=O)C(C)(C)C(O)CC(=O)NC(C=Cc2coc(C)n2)CC2OC2(C)CCCC(C)C1O. The van der Waals surface area contributed by atoms with Gasteiger partial charge < -0.3 is 24.7 Å². The van der Waals surface area contributed by atoms with Crippen molar-refractivity contribution in [1.29, 1.82) is 0 Å². The van der Waals surface area contributed by atoms with Crippen molar-refractivity contribution in [2.75, 3.05) is 0 Å². The van der Waals surface area contributed by atoms with Crippen LogP contribution in [0.25, 0.3) is 6.08 Å². The standard InChI is InChI=1S/C30H46N2O6/c1-18(2)10-13-23-27(35)19(3)9-8-14-30(7)25(38-30)15-21(11-12-22-17-37-20(4)31-22)32-26(34)16-24(33)29(5,6)28(23)36/h10-12,17,19,21,23-25,27,33,35H,8-9,13-16H2,1-7H3,(H,32,34). The molecule has 0 aliphatic carbocycles. The van der Waals surface area contributed by atoms with Crippen LogP contribution < -0.4 is 5.32 Å². The molecular weight excluding hydrogens is 484 g/mol. The molecule has 212 valence electrons. The Morgan fingerprint density at radius 3 is 2.58 bits per heavy atom. The highest BCUT2D eigenvalue weighted by atomic mass is 16.6. The van der Waals surface area contributed by atoms with Crippen molar-refractivity contribution in [2.45, 2.75) is 117 Å². The van der Waals surface area contributed by atoms with Gasteiger partial charge in [0.1, 0.15) is 17.7 Å². The van der Waals surface area contributed by atoms with Crippen LogP contribution in [0.3, 0.4) is 0 Å². The number of oxazole rings is 1. The van der Waals surface area contributed by atoms with E-state index in [-0.39, 0.29) is 41.8 Å². The molecule has 2 fully saturated rings. The maximum absolute atomic E-state index is 13.8. The third-order valence-corrected chi connectivity index (χ3v) is 8.28. The maximum Gasteiger partial charge on any atom is 0.223 e. The molecule has 2 aliphatic rings. The smallest absolute Gasteiger partial charge is 0.223 e. The fraction of sp³-hybridized carbons (Fsp3) is 0.700. The number of amides is 1. The van der Waals surface area contributed by atoms with Gasteiger partial charge in [0, 0.05) is 19.3 Å². The molecule has 0 aromatic carbocycles. The van der Waals surface area contributed by atoms with E-state index >= 15 is 0 Å². The van der Waals surface area contributed by atoms with E-state index in [1.165, 1.54) is 0 Å². The van der Waals surface area contributed by atoms with Gasteiger partial charge in [0.2, 0.25) is 5.91 Å². The Bertz CT molecular complexity index is 1040. The fourth-order valence-electron chi connectivity index (χ4n) is 5.34. The number of fused-ring (bicyclic) bond motifs is 1. The highest BCUT2D eigenvalue weighted by molar-refractivity contribution is 5.88. The Balaban J connectivity index is 1.86. The number of aromatic nitrogens is 1. The number of carbonyl (C=O) groups excluding carboxylic acids is 2. The number of ketones is 1. The summed E-state index contributed by atoms with van der Waals surface area (Å²) < 4.78 is 11.3. The predicted molar refractivity (Wildman–Crippen MR) is 146 cm³/mol. The van der Waals surface area contributed by atoms with Crippen LogP contribution in [-0.4, -0.2) is 56.8 Å². The Morgan fingerprint density at radius 2 is 1.95 bits per heavy atom. The lowest BCUT2D eigenvalue weighted by Gasteiger charge is -2.36. The van der Waals surface area contributed by atoms with Crippen molar-refractivity contribution in [3.63, 3.8) is 0 Å². The van der Waals surface area contributed by atoms with Gasteiger partial charge in [0.15, 0.2) is 5.89 Å². The lowest BCUT2D eigenvalue weighted by molar-refractivity contribution is -0.143. The van der Waals surface area contributed by atoms with Gasteiger partial charge in [-0.1, -0.05) is 44.9 Å². The summed E-state index contributed by atoms with van der Waals surface area (Å²) in [5.41, 5.74) is 0.219.